The van der Waals surface area contributed by atoms with E-state index in [0.29, 0.717) is 6.42 Å². The van der Waals surface area contributed by atoms with Crippen LogP contribution in [0.5, 0.6) is 0 Å². The molecule has 0 bridgehead atoms. The number of amides is 1. The first-order valence-electron chi connectivity index (χ1n) is 8.99. The van der Waals surface area contributed by atoms with Crippen molar-refractivity contribution in [2.24, 2.45) is 0 Å². The summed E-state index contributed by atoms with van der Waals surface area (Å²) < 4.78 is 0. The van der Waals surface area contributed by atoms with Gasteiger partial charge in [-0.15, -0.1) is 0 Å². The number of carbonyl (C=O) groups is 1. The molecule has 3 rings (SSSR count). The molecule has 3 heteroatoms. The minimum Gasteiger partial charge on any atom is -0.338 e. The fourth-order valence-electron chi connectivity index (χ4n) is 3.22. The minimum absolute atomic E-state index is 0.283. The van der Waals surface area contributed by atoms with Gasteiger partial charge in [0.05, 0.1) is 0 Å². The molecule has 1 fully saturated rings. The van der Waals surface area contributed by atoms with Crippen molar-refractivity contribution in [1.82, 2.24) is 10.2 Å². The Morgan fingerprint density at radius 3 is 2.68 bits per heavy atom. The van der Waals surface area contributed by atoms with Crippen LogP contribution in [0.25, 0.3) is 6.08 Å². The van der Waals surface area contributed by atoms with E-state index < -0.39 is 0 Å². The number of rotatable bonds is 7. The largest absolute Gasteiger partial charge is 0.338 e. The molecule has 1 heterocycles. The first kappa shape index (κ1) is 17.4. The number of benzene rings is 2. The molecule has 0 spiro atoms. The highest BCUT2D eigenvalue weighted by Gasteiger charge is 2.19. The second-order valence-electron chi connectivity index (χ2n) is 6.74. The smallest absolute Gasteiger partial charge is 0.222 e. The fraction of sp³-hybridized carbons (Fsp3) is 0.318. The Morgan fingerprint density at radius 2 is 1.92 bits per heavy atom. The van der Waals surface area contributed by atoms with Crippen LogP contribution in [-0.4, -0.2) is 23.9 Å². The van der Waals surface area contributed by atoms with Gasteiger partial charge in [-0.25, -0.2) is 0 Å². The zero-order valence-corrected chi connectivity index (χ0v) is 14.9. The van der Waals surface area contributed by atoms with E-state index >= 15 is 0 Å². The second-order valence-corrected chi connectivity index (χ2v) is 6.74. The maximum atomic E-state index is 11.8. The van der Waals surface area contributed by atoms with Gasteiger partial charge in [-0.3, -0.25) is 4.79 Å². The highest BCUT2D eigenvalue weighted by molar-refractivity contribution is 5.78. The van der Waals surface area contributed by atoms with Crippen molar-refractivity contribution in [2.75, 3.05) is 13.1 Å². The van der Waals surface area contributed by atoms with Crippen LogP contribution in [0.1, 0.15) is 36.5 Å². The van der Waals surface area contributed by atoms with Gasteiger partial charge in [-0.2, -0.15) is 0 Å². The lowest BCUT2D eigenvalue weighted by Gasteiger charge is -2.16. The lowest BCUT2D eigenvalue weighted by molar-refractivity contribution is -0.128. The van der Waals surface area contributed by atoms with Gasteiger partial charge < -0.3 is 10.2 Å². The molecule has 0 unspecified atom stereocenters. The van der Waals surface area contributed by atoms with Crippen LogP contribution in [0.4, 0.5) is 0 Å². The highest BCUT2D eigenvalue weighted by Crippen LogP contribution is 2.15. The molecule has 1 saturated heterocycles. The number of hydrogen-bond donors (Lipinski definition) is 1. The van der Waals surface area contributed by atoms with E-state index in [4.69, 9.17) is 0 Å². The Kier molecular flexibility index (Phi) is 6.02. The van der Waals surface area contributed by atoms with Crippen LogP contribution in [0.15, 0.2) is 60.2 Å². The molecule has 1 amide bonds. The summed E-state index contributed by atoms with van der Waals surface area (Å²) in [6.07, 6.45) is 3.91. The molecule has 0 atom stereocenters. The van der Waals surface area contributed by atoms with Gasteiger partial charge in [0.1, 0.15) is 0 Å². The van der Waals surface area contributed by atoms with Gasteiger partial charge in [0.25, 0.3) is 0 Å². The predicted octanol–water partition coefficient (Wildman–Crippen LogP) is 4.00. The van der Waals surface area contributed by atoms with Crippen molar-refractivity contribution in [1.29, 1.82) is 0 Å². The fourth-order valence-corrected chi connectivity index (χ4v) is 3.22. The summed E-state index contributed by atoms with van der Waals surface area (Å²) in [5.41, 5.74) is 5.02. The van der Waals surface area contributed by atoms with E-state index in [1.165, 1.54) is 22.3 Å². The predicted molar refractivity (Wildman–Crippen MR) is 103 cm³/mol. The van der Waals surface area contributed by atoms with E-state index in [0.717, 1.165) is 32.6 Å². The van der Waals surface area contributed by atoms with Gasteiger partial charge in [0.2, 0.25) is 5.91 Å². The Morgan fingerprint density at radius 1 is 1.12 bits per heavy atom. The highest BCUT2D eigenvalue weighted by atomic mass is 16.2. The van der Waals surface area contributed by atoms with Crippen LogP contribution in [-0.2, 0) is 17.9 Å². The SMILES string of the molecule is C/C(=C/c1ccccc1)CNCc1cccc(CN2CCCC2=O)c1. The molecule has 2 aromatic carbocycles. The quantitative estimate of drug-likeness (QED) is 0.830. The zero-order chi connectivity index (χ0) is 17.5. The standard InChI is InChI=1S/C22H26N2O/c1-18(13-19-7-3-2-4-8-19)15-23-16-20-9-5-10-21(14-20)17-24-12-6-11-22(24)25/h2-5,7-10,13-14,23H,6,11-12,15-17H2,1H3/b18-13-. The number of nitrogens with zero attached hydrogens (tertiary/aromatic N) is 1. The molecule has 2 aromatic rings. The molecule has 1 aliphatic rings. The van der Waals surface area contributed by atoms with E-state index in [1.807, 2.05) is 11.0 Å². The Labute approximate surface area is 150 Å². The summed E-state index contributed by atoms with van der Waals surface area (Å²) in [4.78, 5) is 13.7. The molecule has 130 valence electrons. The number of nitrogens with one attached hydrogen (secondary N) is 1. The van der Waals surface area contributed by atoms with Gasteiger partial charge in [0, 0.05) is 32.6 Å². The van der Waals surface area contributed by atoms with Crippen molar-refractivity contribution in [2.45, 2.75) is 32.9 Å². The van der Waals surface area contributed by atoms with Crippen molar-refractivity contribution < 1.29 is 4.79 Å². The maximum absolute atomic E-state index is 11.8. The lowest BCUT2D eigenvalue weighted by Crippen LogP contribution is -2.24. The van der Waals surface area contributed by atoms with E-state index in [1.54, 1.807) is 0 Å². The molecule has 0 aliphatic carbocycles. The van der Waals surface area contributed by atoms with Crippen LogP contribution in [0, 0.1) is 0 Å². The van der Waals surface area contributed by atoms with Crippen molar-refractivity contribution in [3.63, 3.8) is 0 Å². The first-order chi connectivity index (χ1) is 12.2. The van der Waals surface area contributed by atoms with Crippen molar-refractivity contribution in [3.8, 4) is 0 Å². The average Bonchev–Trinajstić information content (AvgIpc) is 3.01. The number of hydrogen-bond acceptors (Lipinski definition) is 2. The van der Waals surface area contributed by atoms with Crippen LogP contribution >= 0.6 is 0 Å². The summed E-state index contributed by atoms with van der Waals surface area (Å²) >= 11 is 0. The third kappa shape index (κ3) is 5.30. The maximum Gasteiger partial charge on any atom is 0.222 e. The lowest BCUT2D eigenvalue weighted by atomic mass is 10.1. The van der Waals surface area contributed by atoms with Crippen LogP contribution < -0.4 is 5.32 Å². The van der Waals surface area contributed by atoms with Gasteiger partial charge in [-0.1, -0.05) is 66.2 Å². The van der Waals surface area contributed by atoms with Gasteiger partial charge in [-0.05, 0) is 30.0 Å². The summed E-state index contributed by atoms with van der Waals surface area (Å²) in [6.45, 7) is 5.48. The average molecular weight is 334 g/mol. The third-order valence-corrected chi connectivity index (χ3v) is 4.48. The van der Waals surface area contributed by atoms with Crippen molar-refractivity contribution >= 4 is 12.0 Å². The van der Waals surface area contributed by atoms with Crippen LogP contribution in [0.2, 0.25) is 0 Å². The summed E-state index contributed by atoms with van der Waals surface area (Å²) in [7, 11) is 0. The summed E-state index contributed by atoms with van der Waals surface area (Å²) in [5.74, 6) is 0.283. The van der Waals surface area contributed by atoms with E-state index in [2.05, 4.69) is 66.8 Å². The number of likely N-dealkylation sites (tertiary alicyclic amines) is 1. The topological polar surface area (TPSA) is 32.3 Å². The summed E-state index contributed by atoms with van der Waals surface area (Å²) in [5, 5.41) is 3.50. The molecular formula is C22H26N2O. The van der Waals surface area contributed by atoms with E-state index in [9.17, 15) is 4.79 Å². The van der Waals surface area contributed by atoms with Crippen LogP contribution in [0.3, 0.4) is 0 Å². The Bertz CT molecular complexity index is 737. The monoisotopic (exact) mass is 334 g/mol. The zero-order valence-electron chi connectivity index (χ0n) is 14.9. The number of carbonyl (C=O) groups excluding carboxylic acids is 1. The molecule has 3 nitrogen and oxygen atoms in total. The van der Waals surface area contributed by atoms with E-state index in [-0.39, 0.29) is 5.91 Å². The Hall–Kier alpha value is -2.39. The normalized spacial score (nSPS) is 15.0. The molecule has 1 aliphatic heterocycles. The molecule has 0 radical (unpaired) electrons. The van der Waals surface area contributed by atoms with Gasteiger partial charge >= 0.3 is 0 Å². The molecule has 25 heavy (non-hydrogen) atoms. The first-order valence-corrected chi connectivity index (χ1v) is 8.99. The molecular weight excluding hydrogens is 308 g/mol. The Balaban J connectivity index is 1.50. The third-order valence-electron chi connectivity index (χ3n) is 4.48. The molecule has 1 N–H and O–H groups in total. The summed E-state index contributed by atoms with van der Waals surface area (Å²) in [6, 6.07) is 18.9. The minimum atomic E-state index is 0.283. The molecule has 0 saturated carbocycles. The van der Waals surface area contributed by atoms with Gasteiger partial charge in [0.15, 0.2) is 0 Å². The van der Waals surface area contributed by atoms with Crippen molar-refractivity contribution in [3.05, 3.63) is 76.9 Å². The molecule has 0 aromatic heterocycles. The second kappa shape index (κ2) is 8.63.